The number of unbranched alkanes of at least 4 members (excludes halogenated alkanes) is 1. The fourth-order valence-corrected chi connectivity index (χ4v) is 3.16. The minimum Gasteiger partial charge on any atom is -0.385 e. The van der Waals surface area contributed by atoms with Crippen LogP contribution in [-0.4, -0.2) is 43.2 Å². The molecule has 0 fully saturated rings. The molecule has 5 nitrogen and oxygen atoms in total. The van der Waals surface area contributed by atoms with E-state index in [-0.39, 0.29) is 12.1 Å². The van der Waals surface area contributed by atoms with Gasteiger partial charge in [-0.2, -0.15) is 0 Å². The van der Waals surface area contributed by atoms with Crippen LogP contribution in [0.1, 0.15) is 30.8 Å². The van der Waals surface area contributed by atoms with Gasteiger partial charge in [0.05, 0.1) is 16.3 Å². The van der Waals surface area contributed by atoms with Crippen molar-refractivity contribution in [2.45, 2.75) is 25.8 Å². The Hall–Kier alpha value is -1.66. The van der Waals surface area contributed by atoms with Crippen LogP contribution in [-0.2, 0) is 4.74 Å². The molecule has 1 atom stereocenters. The van der Waals surface area contributed by atoms with E-state index >= 15 is 0 Å². The summed E-state index contributed by atoms with van der Waals surface area (Å²) in [7, 11) is 3.49. The zero-order valence-electron chi connectivity index (χ0n) is 13.3. The molecule has 0 saturated carbocycles. The van der Waals surface area contributed by atoms with Gasteiger partial charge in [0.1, 0.15) is 5.01 Å². The lowest BCUT2D eigenvalue weighted by molar-refractivity contribution is 0.186. The number of para-hydroxylation sites is 1. The van der Waals surface area contributed by atoms with Crippen molar-refractivity contribution in [1.82, 2.24) is 15.2 Å². The number of carbonyl (C=O) groups excluding carboxylic acids is 1. The highest BCUT2D eigenvalue weighted by Gasteiger charge is 2.20. The predicted molar refractivity (Wildman–Crippen MR) is 90.3 cm³/mol. The van der Waals surface area contributed by atoms with E-state index in [1.54, 1.807) is 30.4 Å². The minimum atomic E-state index is -0.0656. The van der Waals surface area contributed by atoms with Gasteiger partial charge in [-0.25, -0.2) is 9.78 Å². The molecule has 0 unspecified atom stereocenters. The molecule has 0 aliphatic rings. The van der Waals surface area contributed by atoms with E-state index in [1.807, 2.05) is 25.1 Å². The number of ether oxygens (including phenoxy) is 1. The number of carbonyl (C=O) groups is 1. The Kier molecular flexibility index (Phi) is 6.15. The van der Waals surface area contributed by atoms with E-state index in [0.717, 1.165) is 34.7 Å². The molecule has 6 heteroatoms. The van der Waals surface area contributed by atoms with Crippen molar-refractivity contribution in [3.63, 3.8) is 0 Å². The molecule has 0 bridgehead atoms. The Morgan fingerprint density at radius 3 is 2.91 bits per heavy atom. The molecule has 2 rings (SSSR count). The van der Waals surface area contributed by atoms with Crippen LogP contribution in [0.3, 0.4) is 0 Å². The van der Waals surface area contributed by atoms with Crippen LogP contribution in [0.25, 0.3) is 10.2 Å². The third-order valence-electron chi connectivity index (χ3n) is 3.62. The van der Waals surface area contributed by atoms with Gasteiger partial charge in [0.2, 0.25) is 0 Å². The molecule has 2 aromatic rings. The van der Waals surface area contributed by atoms with E-state index in [0.29, 0.717) is 6.54 Å². The maximum Gasteiger partial charge on any atom is 0.317 e. The van der Waals surface area contributed by atoms with Crippen LogP contribution < -0.4 is 5.32 Å². The Labute approximate surface area is 135 Å². The van der Waals surface area contributed by atoms with Crippen molar-refractivity contribution >= 4 is 27.6 Å². The number of amides is 2. The standard InChI is InChI=1S/C16H23N3O2S/c1-12(15-18-13-8-4-5-9-14(13)22-15)19(2)16(20)17-10-6-7-11-21-3/h4-5,8-9,12H,6-7,10-11H2,1-3H3,(H,17,20)/t12-/m1/s1. The molecule has 0 saturated heterocycles. The first-order chi connectivity index (χ1) is 10.6. The van der Waals surface area contributed by atoms with Gasteiger partial charge in [0.25, 0.3) is 0 Å². The quantitative estimate of drug-likeness (QED) is 0.795. The summed E-state index contributed by atoms with van der Waals surface area (Å²) in [4.78, 5) is 18.5. The van der Waals surface area contributed by atoms with Crippen molar-refractivity contribution in [2.75, 3.05) is 27.3 Å². The largest absolute Gasteiger partial charge is 0.385 e. The van der Waals surface area contributed by atoms with E-state index in [4.69, 9.17) is 4.74 Å². The van der Waals surface area contributed by atoms with E-state index in [1.165, 1.54) is 0 Å². The van der Waals surface area contributed by atoms with Crippen LogP contribution in [0, 0.1) is 0 Å². The third-order valence-corrected chi connectivity index (χ3v) is 4.83. The number of benzene rings is 1. The van der Waals surface area contributed by atoms with Crippen LogP contribution in [0.4, 0.5) is 4.79 Å². The fourth-order valence-electron chi connectivity index (χ4n) is 2.10. The summed E-state index contributed by atoms with van der Waals surface area (Å²) in [5, 5.41) is 3.89. The average molecular weight is 321 g/mol. The molecule has 0 aliphatic heterocycles. The van der Waals surface area contributed by atoms with Gasteiger partial charge in [0, 0.05) is 27.3 Å². The van der Waals surface area contributed by atoms with Gasteiger partial charge in [-0.1, -0.05) is 12.1 Å². The second-order valence-electron chi connectivity index (χ2n) is 5.24. The van der Waals surface area contributed by atoms with Gasteiger partial charge in [-0.15, -0.1) is 11.3 Å². The van der Waals surface area contributed by atoms with E-state index in [9.17, 15) is 4.79 Å². The van der Waals surface area contributed by atoms with Gasteiger partial charge in [0.15, 0.2) is 0 Å². The Morgan fingerprint density at radius 2 is 2.18 bits per heavy atom. The minimum absolute atomic E-state index is 0.0450. The second-order valence-corrected chi connectivity index (χ2v) is 6.30. The Morgan fingerprint density at radius 1 is 1.41 bits per heavy atom. The summed E-state index contributed by atoms with van der Waals surface area (Å²) in [6, 6.07) is 7.93. The highest BCUT2D eigenvalue weighted by atomic mass is 32.1. The van der Waals surface area contributed by atoms with Crippen molar-refractivity contribution in [1.29, 1.82) is 0 Å². The molecule has 0 spiro atoms. The van der Waals surface area contributed by atoms with E-state index < -0.39 is 0 Å². The first-order valence-corrected chi connectivity index (χ1v) is 8.30. The summed E-state index contributed by atoms with van der Waals surface area (Å²) >= 11 is 1.64. The zero-order chi connectivity index (χ0) is 15.9. The molecular weight excluding hydrogens is 298 g/mol. The van der Waals surface area contributed by atoms with Crippen LogP contribution in [0.2, 0.25) is 0 Å². The van der Waals surface area contributed by atoms with Crippen molar-refractivity contribution in [3.05, 3.63) is 29.3 Å². The molecule has 1 N–H and O–H groups in total. The van der Waals surface area contributed by atoms with E-state index in [2.05, 4.69) is 16.4 Å². The molecule has 1 aromatic heterocycles. The molecule has 0 radical (unpaired) electrons. The van der Waals surface area contributed by atoms with Gasteiger partial charge >= 0.3 is 6.03 Å². The summed E-state index contributed by atoms with van der Waals surface area (Å²) in [6.45, 7) is 3.40. The number of thiazole rings is 1. The number of fused-ring (bicyclic) bond motifs is 1. The van der Waals surface area contributed by atoms with Crippen molar-refractivity contribution in [3.8, 4) is 0 Å². The normalized spacial score (nSPS) is 12.3. The fraction of sp³-hybridized carbons (Fsp3) is 0.500. The lowest BCUT2D eigenvalue weighted by Gasteiger charge is -2.23. The molecule has 120 valence electrons. The number of hydrogen-bond acceptors (Lipinski definition) is 4. The lowest BCUT2D eigenvalue weighted by Crippen LogP contribution is -2.39. The number of rotatable bonds is 7. The van der Waals surface area contributed by atoms with Crippen molar-refractivity contribution in [2.24, 2.45) is 0 Å². The molecule has 2 amide bonds. The lowest BCUT2D eigenvalue weighted by atomic mass is 10.3. The van der Waals surface area contributed by atoms with Crippen LogP contribution >= 0.6 is 11.3 Å². The highest BCUT2D eigenvalue weighted by Crippen LogP contribution is 2.28. The van der Waals surface area contributed by atoms with Gasteiger partial charge in [-0.05, 0) is 31.9 Å². The van der Waals surface area contributed by atoms with Crippen molar-refractivity contribution < 1.29 is 9.53 Å². The molecule has 1 heterocycles. The summed E-state index contributed by atoms with van der Waals surface area (Å²) in [5.41, 5.74) is 0.989. The first kappa shape index (κ1) is 16.7. The summed E-state index contributed by atoms with van der Waals surface area (Å²) in [5.74, 6) is 0. The summed E-state index contributed by atoms with van der Waals surface area (Å²) < 4.78 is 6.14. The van der Waals surface area contributed by atoms with Gasteiger partial charge in [-0.3, -0.25) is 0 Å². The number of nitrogens with zero attached hydrogens (tertiary/aromatic N) is 2. The summed E-state index contributed by atoms with van der Waals surface area (Å²) in [6.07, 6.45) is 1.87. The molecule has 0 aliphatic carbocycles. The predicted octanol–water partition coefficient (Wildman–Crippen LogP) is 3.43. The first-order valence-electron chi connectivity index (χ1n) is 7.48. The molecular formula is C16H23N3O2S. The Balaban J connectivity index is 1.90. The highest BCUT2D eigenvalue weighted by molar-refractivity contribution is 7.18. The maximum absolute atomic E-state index is 12.2. The topological polar surface area (TPSA) is 54.5 Å². The second kappa shape index (κ2) is 8.10. The number of hydrogen-bond donors (Lipinski definition) is 1. The zero-order valence-corrected chi connectivity index (χ0v) is 14.2. The SMILES string of the molecule is COCCCCNC(=O)N(C)[C@H](C)c1nc2ccccc2s1. The smallest absolute Gasteiger partial charge is 0.317 e. The number of aromatic nitrogens is 1. The number of methoxy groups -OCH3 is 1. The number of urea groups is 1. The number of nitrogens with one attached hydrogen (secondary N) is 1. The average Bonchev–Trinajstić information content (AvgIpc) is 2.97. The molecule has 1 aromatic carbocycles. The van der Waals surface area contributed by atoms with Crippen LogP contribution in [0.5, 0.6) is 0 Å². The Bertz CT molecular complexity index is 581. The van der Waals surface area contributed by atoms with Crippen LogP contribution in [0.15, 0.2) is 24.3 Å². The monoisotopic (exact) mass is 321 g/mol. The molecule has 22 heavy (non-hydrogen) atoms. The third kappa shape index (κ3) is 4.18. The van der Waals surface area contributed by atoms with Gasteiger partial charge < -0.3 is 15.0 Å². The maximum atomic E-state index is 12.2.